The van der Waals surface area contributed by atoms with Gasteiger partial charge < -0.3 is 4.90 Å². The molecule has 1 aromatic carbocycles. The van der Waals surface area contributed by atoms with Crippen molar-refractivity contribution in [3.63, 3.8) is 0 Å². The third-order valence-electron chi connectivity index (χ3n) is 5.02. The Labute approximate surface area is 153 Å². The molecular formula is C20H23N5O. The molecule has 0 radical (unpaired) electrons. The first-order chi connectivity index (χ1) is 12.6. The molecule has 0 saturated carbocycles. The molecule has 2 aromatic heterocycles. The second-order valence-corrected chi connectivity index (χ2v) is 6.89. The second kappa shape index (κ2) is 6.78. The van der Waals surface area contributed by atoms with E-state index in [-0.39, 0.29) is 11.9 Å². The van der Waals surface area contributed by atoms with Gasteiger partial charge in [0.1, 0.15) is 5.69 Å². The standard InChI is InChI=1S/C20H23N5O/c1-15-11-16(2)25(22-15)13-18-9-6-10-23(18)20(26)19-12-21-14-24(19)17-7-4-3-5-8-17/h3-5,7-8,11-12,14,18H,6,9-10,13H2,1-2H3/t18-/m1/s1. The first-order valence-corrected chi connectivity index (χ1v) is 9.03. The van der Waals surface area contributed by atoms with Crippen LogP contribution in [0, 0.1) is 13.8 Å². The van der Waals surface area contributed by atoms with Crippen molar-refractivity contribution in [2.45, 2.75) is 39.3 Å². The second-order valence-electron chi connectivity index (χ2n) is 6.89. The first-order valence-electron chi connectivity index (χ1n) is 9.03. The van der Waals surface area contributed by atoms with Crippen LogP contribution < -0.4 is 0 Å². The van der Waals surface area contributed by atoms with Crippen molar-refractivity contribution in [1.29, 1.82) is 0 Å². The lowest BCUT2D eigenvalue weighted by Crippen LogP contribution is -2.39. The molecule has 1 aliphatic heterocycles. The zero-order valence-electron chi connectivity index (χ0n) is 15.2. The maximum absolute atomic E-state index is 13.2. The van der Waals surface area contributed by atoms with Gasteiger partial charge in [0.25, 0.3) is 5.91 Å². The Morgan fingerprint density at radius 2 is 2.04 bits per heavy atom. The minimum Gasteiger partial charge on any atom is -0.332 e. The third kappa shape index (κ3) is 3.03. The summed E-state index contributed by atoms with van der Waals surface area (Å²) < 4.78 is 3.88. The number of aryl methyl sites for hydroxylation is 2. The summed E-state index contributed by atoms with van der Waals surface area (Å²) in [7, 11) is 0. The van der Waals surface area contributed by atoms with Crippen molar-refractivity contribution in [2.75, 3.05) is 6.54 Å². The van der Waals surface area contributed by atoms with Crippen LogP contribution in [0.5, 0.6) is 0 Å². The van der Waals surface area contributed by atoms with Crippen LogP contribution in [0.25, 0.3) is 5.69 Å². The summed E-state index contributed by atoms with van der Waals surface area (Å²) in [5.41, 5.74) is 3.70. The fourth-order valence-electron chi connectivity index (χ4n) is 3.75. The van der Waals surface area contributed by atoms with Crippen LogP contribution in [0.3, 0.4) is 0 Å². The Morgan fingerprint density at radius 1 is 1.23 bits per heavy atom. The van der Waals surface area contributed by atoms with Crippen LogP contribution in [0.15, 0.2) is 48.9 Å². The zero-order chi connectivity index (χ0) is 18.1. The molecule has 1 fully saturated rings. The normalized spacial score (nSPS) is 17.0. The van der Waals surface area contributed by atoms with Gasteiger partial charge in [0, 0.05) is 17.9 Å². The Balaban J connectivity index is 1.58. The molecule has 0 unspecified atom stereocenters. The number of benzene rings is 1. The SMILES string of the molecule is Cc1cc(C)n(C[C@H]2CCCN2C(=O)c2cncn2-c2ccccc2)n1. The van der Waals surface area contributed by atoms with Crippen molar-refractivity contribution in [3.05, 3.63) is 66.0 Å². The van der Waals surface area contributed by atoms with Gasteiger partial charge in [-0.2, -0.15) is 5.10 Å². The van der Waals surface area contributed by atoms with E-state index in [0.717, 1.165) is 43.0 Å². The predicted octanol–water partition coefficient (Wildman–Crippen LogP) is 2.99. The Morgan fingerprint density at radius 3 is 2.77 bits per heavy atom. The molecule has 1 atom stereocenters. The van der Waals surface area contributed by atoms with Gasteiger partial charge in [-0.05, 0) is 44.9 Å². The molecule has 0 N–H and O–H groups in total. The summed E-state index contributed by atoms with van der Waals surface area (Å²) in [4.78, 5) is 19.4. The monoisotopic (exact) mass is 349 g/mol. The number of carbonyl (C=O) groups excluding carboxylic acids is 1. The highest BCUT2D eigenvalue weighted by Gasteiger charge is 2.31. The van der Waals surface area contributed by atoms with Crippen LogP contribution in [0.4, 0.5) is 0 Å². The van der Waals surface area contributed by atoms with Gasteiger partial charge in [0.15, 0.2) is 0 Å². The van der Waals surface area contributed by atoms with Gasteiger partial charge in [-0.25, -0.2) is 4.98 Å². The van der Waals surface area contributed by atoms with Gasteiger partial charge in [-0.1, -0.05) is 18.2 Å². The van der Waals surface area contributed by atoms with Gasteiger partial charge >= 0.3 is 0 Å². The number of aromatic nitrogens is 4. The maximum atomic E-state index is 13.2. The summed E-state index contributed by atoms with van der Waals surface area (Å²) in [6.45, 7) is 5.58. The molecule has 6 heteroatoms. The van der Waals surface area contributed by atoms with E-state index in [0.29, 0.717) is 5.69 Å². The van der Waals surface area contributed by atoms with Crippen molar-refractivity contribution in [3.8, 4) is 5.69 Å². The Kier molecular flexibility index (Phi) is 4.32. The maximum Gasteiger partial charge on any atom is 0.272 e. The van der Waals surface area contributed by atoms with E-state index in [1.165, 1.54) is 0 Å². The van der Waals surface area contributed by atoms with E-state index in [1.54, 1.807) is 12.5 Å². The average Bonchev–Trinajstić information content (AvgIpc) is 3.36. The Hall–Kier alpha value is -2.89. The molecule has 4 rings (SSSR count). The van der Waals surface area contributed by atoms with Crippen molar-refractivity contribution in [1.82, 2.24) is 24.2 Å². The number of rotatable bonds is 4. The number of imidazole rings is 1. The minimum atomic E-state index is 0.0374. The molecule has 26 heavy (non-hydrogen) atoms. The van der Waals surface area contributed by atoms with Gasteiger partial charge in [-0.3, -0.25) is 14.0 Å². The topological polar surface area (TPSA) is 56.0 Å². The summed E-state index contributed by atoms with van der Waals surface area (Å²) in [5, 5.41) is 4.56. The van der Waals surface area contributed by atoms with E-state index in [4.69, 9.17) is 0 Å². The molecule has 6 nitrogen and oxygen atoms in total. The highest BCUT2D eigenvalue weighted by Crippen LogP contribution is 2.23. The van der Waals surface area contributed by atoms with E-state index in [2.05, 4.69) is 23.1 Å². The largest absolute Gasteiger partial charge is 0.332 e. The lowest BCUT2D eigenvalue weighted by molar-refractivity contribution is 0.0713. The number of likely N-dealkylation sites (tertiary alicyclic amines) is 1. The quantitative estimate of drug-likeness (QED) is 0.728. The smallest absolute Gasteiger partial charge is 0.272 e. The third-order valence-corrected chi connectivity index (χ3v) is 5.02. The van der Waals surface area contributed by atoms with E-state index in [9.17, 15) is 4.79 Å². The molecule has 1 amide bonds. The molecule has 0 aliphatic carbocycles. The first kappa shape index (κ1) is 16.6. The van der Waals surface area contributed by atoms with Crippen LogP contribution in [0.1, 0.15) is 34.7 Å². The molecule has 1 aliphatic rings. The van der Waals surface area contributed by atoms with Crippen molar-refractivity contribution >= 4 is 5.91 Å². The Bertz CT molecular complexity index is 911. The van der Waals surface area contributed by atoms with E-state index in [1.807, 2.05) is 51.4 Å². The van der Waals surface area contributed by atoms with Crippen LogP contribution in [-0.4, -0.2) is 42.7 Å². The number of carbonyl (C=O) groups is 1. The van der Waals surface area contributed by atoms with Crippen LogP contribution >= 0.6 is 0 Å². The van der Waals surface area contributed by atoms with Crippen LogP contribution in [-0.2, 0) is 6.54 Å². The highest BCUT2D eigenvalue weighted by atomic mass is 16.2. The lowest BCUT2D eigenvalue weighted by atomic mass is 10.2. The average molecular weight is 349 g/mol. The molecule has 0 bridgehead atoms. The summed E-state index contributed by atoms with van der Waals surface area (Å²) in [6, 6.07) is 12.1. The molecule has 3 aromatic rings. The van der Waals surface area contributed by atoms with E-state index >= 15 is 0 Å². The van der Waals surface area contributed by atoms with Crippen LogP contribution in [0.2, 0.25) is 0 Å². The number of para-hydroxylation sites is 1. The minimum absolute atomic E-state index is 0.0374. The van der Waals surface area contributed by atoms with Gasteiger partial charge in [-0.15, -0.1) is 0 Å². The molecular weight excluding hydrogens is 326 g/mol. The molecule has 1 saturated heterocycles. The van der Waals surface area contributed by atoms with Gasteiger partial charge in [0.05, 0.1) is 30.8 Å². The fraction of sp³-hybridized carbons (Fsp3) is 0.350. The zero-order valence-corrected chi connectivity index (χ0v) is 15.2. The van der Waals surface area contributed by atoms with E-state index < -0.39 is 0 Å². The summed E-state index contributed by atoms with van der Waals surface area (Å²) in [6.07, 6.45) is 5.39. The predicted molar refractivity (Wildman–Crippen MR) is 99.3 cm³/mol. The van der Waals surface area contributed by atoms with Crippen molar-refractivity contribution in [2.24, 2.45) is 0 Å². The highest BCUT2D eigenvalue weighted by molar-refractivity contribution is 5.93. The molecule has 0 spiro atoms. The molecule has 3 heterocycles. The number of nitrogens with zero attached hydrogens (tertiary/aromatic N) is 5. The summed E-state index contributed by atoms with van der Waals surface area (Å²) in [5.74, 6) is 0.0374. The number of amides is 1. The van der Waals surface area contributed by atoms with Crippen molar-refractivity contribution < 1.29 is 4.79 Å². The summed E-state index contributed by atoms with van der Waals surface area (Å²) >= 11 is 0. The molecule has 134 valence electrons. The lowest BCUT2D eigenvalue weighted by Gasteiger charge is -2.25. The number of hydrogen-bond acceptors (Lipinski definition) is 3. The fourth-order valence-corrected chi connectivity index (χ4v) is 3.75. The number of hydrogen-bond donors (Lipinski definition) is 0. The van der Waals surface area contributed by atoms with Gasteiger partial charge in [0.2, 0.25) is 0 Å².